The van der Waals surface area contributed by atoms with Crippen molar-refractivity contribution in [2.75, 3.05) is 13.7 Å². The van der Waals surface area contributed by atoms with Crippen molar-refractivity contribution in [3.8, 4) is 0 Å². The molecular formula is C20H33NO2. The van der Waals surface area contributed by atoms with Crippen LogP contribution in [0.2, 0.25) is 0 Å². The first-order valence-corrected chi connectivity index (χ1v) is 9.86. The van der Waals surface area contributed by atoms with Gasteiger partial charge < -0.3 is 9.94 Å². The highest BCUT2D eigenvalue weighted by atomic mass is 16.5. The molecular weight excluding hydrogens is 286 g/mol. The topological polar surface area (TPSA) is 41.8 Å². The predicted octanol–water partition coefficient (Wildman–Crippen LogP) is 4.88. The highest BCUT2D eigenvalue weighted by Gasteiger charge is 2.60. The van der Waals surface area contributed by atoms with E-state index in [9.17, 15) is 5.21 Å². The SMILES string of the molecule is COCC12CCCCC1CCC1C3CC/C(=N\O)C3(C)CCC12. The van der Waals surface area contributed by atoms with Gasteiger partial charge in [-0.1, -0.05) is 24.9 Å². The van der Waals surface area contributed by atoms with Gasteiger partial charge >= 0.3 is 0 Å². The van der Waals surface area contributed by atoms with Crippen LogP contribution in [0, 0.1) is 34.5 Å². The Hall–Kier alpha value is -0.570. The van der Waals surface area contributed by atoms with Crippen LogP contribution in [-0.4, -0.2) is 24.6 Å². The maximum absolute atomic E-state index is 9.46. The highest BCUT2D eigenvalue weighted by Crippen LogP contribution is 2.65. The van der Waals surface area contributed by atoms with Crippen LogP contribution in [0.1, 0.15) is 71.1 Å². The van der Waals surface area contributed by atoms with E-state index in [0.717, 1.165) is 42.4 Å². The van der Waals surface area contributed by atoms with Gasteiger partial charge in [0.2, 0.25) is 0 Å². The van der Waals surface area contributed by atoms with Crippen molar-refractivity contribution in [2.24, 2.45) is 39.7 Å². The molecule has 130 valence electrons. The van der Waals surface area contributed by atoms with Crippen LogP contribution >= 0.6 is 0 Å². The number of oxime groups is 1. The average molecular weight is 319 g/mol. The van der Waals surface area contributed by atoms with Gasteiger partial charge in [0.15, 0.2) is 0 Å². The molecule has 3 heteroatoms. The quantitative estimate of drug-likeness (QED) is 0.582. The lowest BCUT2D eigenvalue weighted by atomic mass is 9.45. The number of hydrogen-bond donors (Lipinski definition) is 1. The van der Waals surface area contributed by atoms with E-state index < -0.39 is 0 Å². The van der Waals surface area contributed by atoms with Crippen molar-refractivity contribution in [2.45, 2.75) is 71.1 Å². The van der Waals surface area contributed by atoms with Crippen molar-refractivity contribution in [3.05, 3.63) is 0 Å². The zero-order valence-corrected chi connectivity index (χ0v) is 14.9. The van der Waals surface area contributed by atoms with Crippen LogP contribution in [0.3, 0.4) is 0 Å². The molecule has 0 radical (unpaired) electrons. The Morgan fingerprint density at radius 2 is 1.96 bits per heavy atom. The van der Waals surface area contributed by atoms with Gasteiger partial charge in [0.25, 0.3) is 0 Å². The maximum atomic E-state index is 9.46. The van der Waals surface area contributed by atoms with Crippen molar-refractivity contribution < 1.29 is 9.94 Å². The minimum Gasteiger partial charge on any atom is -0.411 e. The fraction of sp³-hybridized carbons (Fsp3) is 0.950. The first-order valence-electron chi connectivity index (χ1n) is 9.86. The zero-order valence-electron chi connectivity index (χ0n) is 14.9. The second-order valence-corrected chi connectivity index (χ2v) is 9.10. The summed E-state index contributed by atoms with van der Waals surface area (Å²) in [6.45, 7) is 3.36. The van der Waals surface area contributed by atoms with Gasteiger partial charge in [-0.2, -0.15) is 0 Å². The molecule has 0 aromatic heterocycles. The summed E-state index contributed by atoms with van der Waals surface area (Å²) in [5.74, 6) is 3.31. The van der Waals surface area contributed by atoms with E-state index in [1.807, 2.05) is 7.11 Å². The second kappa shape index (κ2) is 5.75. The molecule has 4 fully saturated rings. The second-order valence-electron chi connectivity index (χ2n) is 9.10. The maximum Gasteiger partial charge on any atom is 0.0632 e. The van der Waals surface area contributed by atoms with Gasteiger partial charge in [0.1, 0.15) is 0 Å². The van der Waals surface area contributed by atoms with E-state index in [0.29, 0.717) is 5.41 Å². The van der Waals surface area contributed by atoms with Crippen LogP contribution in [0.5, 0.6) is 0 Å². The molecule has 0 aromatic rings. The molecule has 4 aliphatic rings. The van der Waals surface area contributed by atoms with E-state index in [1.165, 1.54) is 57.8 Å². The third-order valence-electron chi connectivity index (χ3n) is 8.56. The highest BCUT2D eigenvalue weighted by molar-refractivity contribution is 5.91. The molecule has 6 atom stereocenters. The molecule has 0 amide bonds. The van der Waals surface area contributed by atoms with Gasteiger partial charge in [-0.05, 0) is 80.5 Å². The van der Waals surface area contributed by atoms with Crippen molar-refractivity contribution in [1.82, 2.24) is 0 Å². The molecule has 0 aromatic carbocycles. The van der Waals surface area contributed by atoms with Crippen molar-refractivity contribution >= 4 is 5.71 Å². The Bertz CT molecular complexity index is 486. The number of ether oxygens (including phenoxy) is 1. The number of rotatable bonds is 2. The van der Waals surface area contributed by atoms with Gasteiger partial charge in [-0.15, -0.1) is 0 Å². The molecule has 3 nitrogen and oxygen atoms in total. The summed E-state index contributed by atoms with van der Waals surface area (Å²) >= 11 is 0. The molecule has 6 unspecified atom stereocenters. The first-order chi connectivity index (χ1) is 11.2. The molecule has 4 aliphatic carbocycles. The summed E-state index contributed by atoms with van der Waals surface area (Å²) in [4.78, 5) is 0. The van der Waals surface area contributed by atoms with E-state index in [-0.39, 0.29) is 5.41 Å². The molecule has 0 aliphatic heterocycles. The third-order valence-corrected chi connectivity index (χ3v) is 8.56. The molecule has 4 rings (SSSR count). The fourth-order valence-electron chi connectivity index (χ4n) is 7.57. The Balaban J connectivity index is 1.67. The number of methoxy groups -OCH3 is 1. The lowest BCUT2D eigenvalue weighted by Crippen LogP contribution is -2.55. The molecule has 0 bridgehead atoms. The standard InChI is InChI=1S/C20H33NO2/c1-19-12-10-17-15(16(19)8-9-18(19)21-22)7-6-14-5-3-4-11-20(14,17)13-23-2/h14-17,22H,3-13H2,1-2H3/b21-18+. The average Bonchev–Trinajstić information content (AvgIpc) is 2.91. The Kier molecular flexibility index (Phi) is 3.98. The van der Waals surface area contributed by atoms with Gasteiger partial charge in [-0.3, -0.25) is 0 Å². The Morgan fingerprint density at radius 1 is 1.09 bits per heavy atom. The van der Waals surface area contributed by atoms with Crippen LogP contribution in [0.15, 0.2) is 5.16 Å². The van der Waals surface area contributed by atoms with Gasteiger partial charge in [0, 0.05) is 12.5 Å². The van der Waals surface area contributed by atoms with E-state index >= 15 is 0 Å². The molecule has 23 heavy (non-hydrogen) atoms. The predicted molar refractivity (Wildman–Crippen MR) is 91.8 cm³/mol. The van der Waals surface area contributed by atoms with Crippen LogP contribution in [0.4, 0.5) is 0 Å². The number of fused-ring (bicyclic) bond motifs is 5. The van der Waals surface area contributed by atoms with E-state index in [1.54, 1.807) is 0 Å². The number of hydrogen-bond acceptors (Lipinski definition) is 3. The smallest absolute Gasteiger partial charge is 0.0632 e. The van der Waals surface area contributed by atoms with Crippen LogP contribution in [0.25, 0.3) is 0 Å². The molecule has 1 N–H and O–H groups in total. The van der Waals surface area contributed by atoms with Crippen LogP contribution in [-0.2, 0) is 4.74 Å². The minimum absolute atomic E-state index is 0.172. The lowest BCUT2D eigenvalue weighted by molar-refractivity contribution is -0.134. The molecule has 0 saturated heterocycles. The molecule has 4 saturated carbocycles. The van der Waals surface area contributed by atoms with Crippen molar-refractivity contribution in [3.63, 3.8) is 0 Å². The van der Waals surface area contributed by atoms with Gasteiger partial charge in [0.05, 0.1) is 12.3 Å². The first kappa shape index (κ1) is 15.9. The minimum atomic E-state index is 0.172. The largest absolute Gasteiger partial charge is 0.411 e. The summed E-state index contributed by atoms with van der Waals surface area (Å²) in [6, 6.07) is 0. The van der Waals surface area contributed by atoms with Crippen molar-refractivity contribution in [1.29, 1.82) is 0 Å². The Labute approximate surface area is 140 Å². The normalized spacial score (nSPS) is 51.1. The zero-order chi connectivity index (χ0) is 16.1. The summed E-state index contributed by atoms with van der Waals surface area (Å²) < 4.78 is 5.81. The lowest BCUT2D eigenvalue weighted by Gasteiger charge is -2.60. The molecule has 0 spiro atoms. The van der Waals surface area contributed by atoms with E-state index in [2.05, 4.69) is 12.1 Å². The fourth-order valence-corrected chi connectivity index (χ4v) is 7.57. The third kappa shape index (κ3) is 2.14. The summed E-state index contributed by atoms with van der Waals surface area (Å²) in [5.41, 5.74) is 1.72. The Morgan fingerprint density at radius 3 is 2.74 bits per heavy atom. The van der Waals surface area contributed by atoms with E-state index in [4.69, 9.17) is 4.74 Å². The summed E-state index contributed by atoms with van der Waals surface area (Å²) in [6.07, 6.45) is 13.2. The summed E-state index contributed by atoms with van der Waals surface area (Å²) in [5, 5.41) is 13.2. The van der Waals surface area contributed by atoms with Gasteiger partial charge in [-0.25, -0.2) is 0 Å². The van der Waals surface area contributed by atoms with Crippen LogP contribution < -0.4 is 0 Å². The molecule has 0 heterocycles. The monoisotopic (exact) mass is 319 g/mol. The summed E-state index contributed by atoms with van der Waals surface area (Å²) in [7, 11) is 1.91. The number of nitrogens with zero attached hydrogens (tertiary/aromatic N) is 1.